The number of hydrogen-bond acceptors (Lipinski definition) is 3. The molecule has 0 spiro atoms. The number of halogens is 3. The Hall–Kier alpha value is -0.820. The average Bonchev–Trinajstić information content (AvgIpc) is 2.09. The van der Waals surface area contributed by atoms with Gasteiger partial charge in [0.15, 0.2) is 0 Å². The van der Waals surface area contributed by atoms with Crippen LogP contribution in [-0.2, 0) is 14.3 Å². The van der Waals surface area contributed by atoms with Gasteiger partial charge in [-0.2, -0.15) is 13.2 Å². The molecular formula is C9H16F3NO3. The molecule has 1 atom stereocenters. The first-order valence-corrected chi connectivity index (χ1v) is 4.78. The fourth-order valence-corrected chi connectivity index (χ4v) is 1.02. The Kier molecular flexibility index (Phi) is 7.07. The zero-order valence-corrected chi connectivity index (χ0v) is 9.26. The topological polar surface area (TPSA) is 47.6 Å². The minimum Gasteiger partial charge on any atom is -0.382 e. The van der Waals surface area contributed by atoms with E-state index in [1.165, 1.54) is 14.0 Å². The number of hydrogen-bond donors (Lipinski definition) is 1. The van der Waals surface area contributed by atoms with Crippen molar-refractivity contribution in [2.75, 3.05) is 26.9 Å². The van der Waals surface area contributed by atoms with Crippen LogP contribution in [0.2, 0.25) is 0 Å². The number of carbonyl (C=O) groups excluding carboxylic acids is 1. The molecule has 7 heteroatoms. The molecule has 1 amide bonds. The van der Waals surface area contributed by atoms with E-state index in [4.69, 9.17) is 4.74 Å². The molecule has 0 aliphatic rings. The Morgan fingerprint density at radius 1 is 1.38 bits per heavy atom. The third-order valence-corrected chi connectivity index (χ3v) is 1.61. The van der Waals surface area contributed by atoms with E-state index in [1.807, 2.05) is 0 Å². The molecule has 96 valence electrons. The van der Waals surface area contributed by atoms with Gasteiger partial charge in [-0.1, -0.05) is 0 Å². The zero-order valence-electron chi connectivity index (χ0n) is 9.26. The highest BCUT2D eigenvalue weighted by molar-refractivity contribution is 5.77. The van der Waals surface area contributed by atoms with E-state index in [-0.39, 0.29) is 13.2 Å². The van der Waals surface area contributed by atoms with Gasteiger partial charge in [-0.25, -0.2) is 0 Å². The molecule has 1 unspecified atom stereocenters. The Labute approximate surface area is 92.1 Å². The number of ether oxygens (including phenoxy) is 2. The van der Waals surface area contributed by atoms with Crippen molar-refractivity contribution in [1.29, 1.82) is 0 Å². The summed E-state index contributed by atoms with van der Waals surface area (Å²) in [6, 6.07) is -0.946. The molecule has 0 rings (SSSR count). The predicted octanol–water partition coefficient (Wildman–Crippen LogP) is 1.11. The number of rotatable bonds is 7. The third-order valence-electron chi connectivity index (χ3n) is 1.61. The number of methoxy groups -OCH3 is 1. The van der Waals surface area contributed by atoms with Crippen molar-refractivity contribution < 1.29 is 27.4 Å². The molecule has 1 N–H and O–H groups in total. The largest absolute Gasteiger partial charge is 0.391 e. The van der Waals surface area contributed by atoms with Crippen LogP contribution < -0.4 is 5.32 Å². The molecule has 0 aromatic heterocycles. The molecule has 0 heterocycles. The van der Waals surface area contributed by atoms with Crippen molar-refractivity contribution in [2.45, 2.75) is 25.6 Å². The van der Waals surface area contributed by atoms with Gasteiger partial charge in [-0.15, -0.1) is 0 Å². The fraction of sp³-hybridized carbons (Fsp3) is 0.889. The molecule has 0 fully saturated rings. The first kappa shape index (κ1) is 15.2. The summed E-state index contributed by atoms with van der Waals surface area (Å²) in [7, 11) is 1.48. The first-order chi connectivity index (χ1) is 7.35. The van der Waals surface area contributed by atoms with E-state index >= 15 is 0 Å². The molecule has 0 aromatic carbocycles. The maximum Gasteiger partial charge on any atom is 0.391 e. The average molecular weight is 243 g/mol. The summed E-state index contributed by atoms with van der Waals surface area (Å²) in [5.74, 6) is -0.562. The van der Waals surface area contributed by atoms with E-state index in [0.29, 0.717) is 6.61 Å². The lowest BCUT2D eigenvalue weighted by Crippen LogP contribution is -2.38. The number of amides is 1. The predicted molar refractivity (Wildman–Crippen MR) is 51.0 cm³/mol. The third kappa shape index (κ3) is 9.72. The summed E-state index contributed by atoms with van der Waals surface area (Å²) in [6.45, 7) is 1.61. The lowest BCUT2D eigenvalue weighted by atomic mass is 10.2. The minimum absolute atomic E-state index is 0.234. The summed E-state index contributed by atoms with van der Waals surface area (Å²) in [4.78, 5) is 11.1. The van der Waals surface area contributed by atoms with Gasteiger partial charge in [0.2, 0.25) is 5.91 Å². The maximum atomic E-state index is 11.9. The van der Waals surface area contributed by atoms with Crippen molar-refractivity contribution in [3.63, 3.8) is 0 Å². The Morgan fingerprint density at radius 2 is 2.00 bits per heavy atom. The van der Waals surface area contributed by atoms with Crippen LogP contribution in [0.1, 0.15) is 13.3 Å². The summed E-state index contributed by atoms with van der Waals surface area (Å²) in [5, 5.41) is 2.19. The Morgan fingerprint density at radius 3 is 2.50 bits per heavy atom. The first-order valence-electron chi connectivity index (χ1n) is 4.78. The summed E-state index contributed by atoms with van der Waals surface area (Å²) in [6.07, 6.45) is -5.32. The van der Waals surface area contributed by atoms with Crippen LogP contribution in [0.15, 0.2) is 0 Å². The highest BCUT2D eigenvalue weighted by Crippen LogP contribution is 2.21. The second-order valence-corrected chi connectivity index (χ2v) is 3.33. The molecule has 0 saturated heterocycles. The normalized spacial score (nSPS) is 13.6. The van der Waals surface area contributed by atoms with Crippen molar-refractivity contribution in [1.82, 2.24) is 5.32 Å². The molecule has 0 aliphatic carbocycles. The SMILES string of the molecule is COCCOCC(=O)NC(C)CC(F)(F)F. The van der Waals surface area contributed by atoms with E-state index in [1.54, 1.807) is 0 Å². The van der Waals surface area contributed by atoms with Gasteiger partial charge < -0.3 is 14.8 Å². The number of carbonyl (C=O) groups is 1. The van der Waals surface area contributed by atoms with Crippen LogP contribution in [0, 0.1) is 0 Å². The van der Waals surface area contributed by atoms with Crippen molar-refractivity contribution >= 4 is 5.91 Å². The second kappa shape index (κ2) is 7.45. The monoisotopic (exact) mass is 243 g/mol. The summed E-state index contributed by atoms with van der Waals surface area (Å²) < 4.78 is 45.2. The molecule has 0 bridgehead atoms. The van der Waals surface area contributed by atoms with Crippen LogP contribution in [0.5, 0.6) is 0 Å². The number of alkyl halides is 3. The minimum atomic E-state index is -4.27. The molecule has 0 saturated carbocycles. The molecule has 16 heavy (non-hydrogen) atoms. The highest BCUT2D eigenvalue weighted by Gasteiger charge is 2.30. The standard InChI is InChI=1S/C9H16F3NO3/c1-7(5-9(10,11)12)13-8(14)6-16-4-3-15-2/h7H,3-6H2,1-2H3,(H,13,14). The molecule has 0 aromatic rings. The Bertz CT molecular complexity index is 209. The smallest absolute Gasteiger partial charge is 0.382 e. The van der Waals surface area contributed by atoms with Crippen LogP contribution in [-0.4, -0.2) is 45.1 Å². The van der Waals surface area contributed by atoms with Crippen molar-refractivity contribution in [3.05, 3.63) is 0 Å². The van der Waals surface area contributed by atoms with Gasteiger partial charge in [0, 0.05) is 13.2 Å². The van der Waals surface area contributed by atoms with Crippen LogP contribution in [0.25, 0.3) is 0 Å². The van der Waals surface area contributed by atoms with E-state index in [0.717, 1.165) is 0 Å². The molecule has 0 aliphatic heterocycles. The van der Waals surface area contributed by atoms with Crippen LogP contribution in [0.4, 0.5) is 13.2 Å². The quantitative estimate of drug-likeness (QED) is 0.681. The van der Waals surface area contributed by atoms with Gasteiger partial charge in [0.25, 0.3) is 0 Å². The number of nitrogens with one attached hydrogen (secondary N) is 1. The van der Waals surface area contributed by atoms with Crippen LogP contribution in [0.3, 0.4) is 0 Å². The van der Waals surface area contributed by atoms with E-state index in [2.05, 4.69) is 10.1 Å². The summed E-state index contributed by atoms with van der Waals surface area (Å²) >= 11 is 0. The lowest BCUT2D eigenvalue weighted by molar-refractivity contribution is -0.142. The van der Waals surface area contributed by atoms with Crippen LogP contribution >= 0.6 is 0 Å². The van der Waals surface area contributed by atoms with E-state index in [9.17, 15) is 18.0 Å². The van der Waals surface area contributed by atoms with Crippen molar-refractivity contribution in [2.24, 2.45) is 0 Å². The maximum absolute atomic E-state index is 11.9. The molecule has 0 radical (unpaired) electrons. The fourth-order valence-electron chi connectivity index (χ4n) is 1.02. The van der Waals surface area contributed by atoms with Gasteiger partial charge >= 0.3 is 6.18 Å². The summed E-state index contributed by atoms with van der Waals surface area (Å²) in [5.41, 5.74) is 0. The second-order valence-electron chi connectivity index (χ2n) is 3.33. The van der Waals surface area contributed by atoms with Crippen molar-refractivity contribution in [3.8, 4) is 0 Å². The van der Waals surface area contributed by atoms with Gasteiger partial charge in [0.1, 0.15) is 6.61 Å². The van der Waals surface area contributed by atoms with Gasteiger partial charge in [0.05, 0.1) is 19.6 Å². The molecular weight excluding hydrogens is 227 g/mol. The Balaban J connectivity index is 3.62. The molecule has 4 nitrogen and oxygen atoms in total. The van der Waals surface area contributed by atoms with E-state index < -0.39 is 24.5 Å². The highest BCUT2D eigenvalue weighted by atomic mass is 19.4. The van der Waals surface area contributed by atoms with Gasteiger partial charge in [-0.3, -0.25) is 4.79 Å². The lowest BCUT2D eigenvalue weighted by Gasteiger charge is -2.15. The van der Waals surface area contributed by atoms with Gasteiger partial charge in [-0.05, 0) is 6.92 Å². The zero-order chi connectivity index (χ0) is 12.6.